The van der Waals surface area contributed by atoms with E-state index >= 15 is 0 Å². The summed E-state index contributed by atoms with van der Waals surface area (Å²) in [5, 5.41) is 4.39. The fourth-order valence-electron chi connectivity index (χ4n) is 3.42. The number of benzene rings is 1. The van der Waals surface area contributed by atoms with E-state index in [1.807, 2.05) is 19.1 Å². The van der Waals surface area contributed by atoms with E-state index in [1.54, 1.807) is 0 Å². The minimum Gasteiger partial charge on any atom is -0.492 e. The summed E-state index contributed by atoms with van der Waals surface area (Å²) in [5.41, 5.74) is 1.44. The third kappa shape index (κ3) is 4.29. The lowest BCUT2D eigenvalue weighted by molar-refractivity contribution is 0.163. The quantitative estimate of drug-likeness (QED) is 0.764. The normalized spacial score (nSPS) is 22.9. The first-order valence-electron chi connectivity index (χ1n) is 8.10. The maximum absolute atomic E-state index is 6.29. The van der Waals surface area contributed by atoms with Crippen molar-refractivity contribution in [2.24, 2.45) is 11.3 Å². The first-order valence-corrected chi connectivity index (χ1v) is 8.48. The second-order valence-electron chi connectivity index (χ2n) is 7.09. The van der Waals surface area contributed by atoms with Crippen molar-refractivity contribution in [2.75, 3.05) is 11.9 Å². The van der Waals surface area contributed by atoms with Crippen molar-refractivity contribution >= 4 is 17.3 Å². The molecular formula is C18H28ClNO. The van der Waals surface area contributed by atoms with Crippen molar-refractivity contribution in [3.63, 3.8) is 0 Å². The van der Waals surface area contributed by atoms with Crippen LogP contribution < -0.4 is 10.1 Å². The maximum atomic E-state index is 6.29. The van der Waals surface area contributed by atoms with Crippen molar-refractivity contribution in [1.82, 2.24) is 0 Å². The van der Waals surface area contributed by atoms with Crippen LogP contribution in [0, 0.1) is 11.3 Å². The Hall–Kier alpha value is -0.890. The molecule has 0 spiro atoms. The van der Waals surface area contributed by atoms with E-state index in [0.717, 1.165) is 11.4 Å². The third-order valence-corrected chi connectivity index (χ3v) is 4.76. The predicted molar refractivity (Wildman–Crippen MR) is 91.4 cm³/mol. The van der Waals surface area contributed by atoms with Gasteiger partial charge in [0.05, 0.1) is 11.6 Å². The van der Waals surface area contributed by atoms with Gasteiger partial charge in [-0.25, -0.2) is 0 Å². The zero-order valence-corrected chi connectivity index (χ0v) is 14.5. The minimum atomic E-state index is 0.340. The molecule has 0 bridgehead atoms. The van der Waals surface area contributed by atoms with E-state index in [1.165, 1.54) is 25.7 Å². The van der Waals surface area contributed by atoms with Gasteiger partial charge < -0.3 is 10.1 Å². The molecule has 3 heteroatoms. The van der Waals surface area contributed by atoms with Crippen LogP contribution in [0.1, 0.15) is 53.4 Å². The fraction of sp³-hybridized carbons (Fsp3) is 0.667. The molecule has 2 nitrogen and oxygen atoms in total. The second-order valence-corrected chi connectivity index (χ2v) is 7.49. The molecule has 0 heterocycles. The Morgan fingerprint density at radius 1 is 1.24 bits per heavy atom. The largest absolute Gasteiger partial charge is 0.492 e. The van der Waals surface area contributed by atoms with Gasteiger partial charge >= 0.3 is 0 Å². The molecule has 0 aliphatic heterocycles. The lowest BCUT2D eigenvalue weighted by Gasteiger charge is -2.41. The molecular weight excluding hydrogens is 282 g/mol. The number of hydrogen-bond donors (Lipinski definition) is 1. The molecule has 1 N–H and O–H groups in total. The summed E-state index contributed by atoms with van der Waals surface area (Å²) < 4.78 is 5.50. The molecule has 0 saturated heterocycles. The SMILES string of the molecule is CCOc1ccc(NC2CCCCC2C(C)(C)C)cc1Cl. The molecule has 0 radical (unpaired) electrons. The van der Waals surface area contributed by atoms with Gasteiger partial charge in [0.15, 0.2) is 0 Å². The monoisotopic (exact) mass is 309 g/mol. The van der Waals surface area contributed by atoms with Crippen LogP contribution in [-0.2, 0) is 0 Å². The van der Waals surface area contributed by atoms with Gasteiger partial charge in [0, 0.05) is 11.7 Å². The lowest BCUT2D eigenvalue weighted by Crippen LogP contribution is -2.39. The van der Waals surface area contributed by atoms with Gasteiger partial charge in [-0.05, 0) is 49.3 Å². The van der Waals surface area contributed by atoms with Gasteiger partial charge in [-0.3, -0.25) is 0 Å². The van der Waals surface area contributed by atoms with Crippen LogP contribution in [0.2, 0.25) is 5.02 Å². The number of nitrogens with one attached hydrogen (secondary N) is 1. The highest BCUT2D eigenvalue weighted by atomic mass is 35.5. The molecule has 1 aromatic rings. The van der Waals surface area contributed by atoms with Gasteiger partial charge in [-0.15, -0.1) is 0 Å². The molecule has 2 atom stereocenters. The van der Waals surface area contributed by atoms with E-state index in [0.29, 0.717) is 29.0 Å². The molecule has 2 rings (SSSR count). The van der Waals surface area contributed by atoms with Gasteiger partial charge in [0.1, 0.15) is 5.75 Å². The maximum Gasteiger partial charge on any atom is 0.138 e. The van der Waals surface area contributed by atoms with Crippen LogP contribution in [-0.4, -0.2) is 12.6 Å². The fourth-order valence-corrected chi connectivity index (χ4v) is 3.65. The van der Waals surface area contributed by atoms with Gasteiger partial charge in [0.25, 0.3) is 0 Å². The first kappa shape index (κ1) is 16.5. The average Bonchev–Trinajstić information content (AvgIpc) is 2.41. The molecule has 1 aliphatic rings. The molecule has 2 unspecified atom stereocenters. The van der Waals surface area contributed by atoms with Gasteiger partial charge in [0.2, 0.25) is 0 Å². The van der Waals surface area contributed by atoms with E-state index in [-0.39, 0.29) is 0 Å². The Balaban J connectivity index is 2.10. The highest BCUT2D eigenvalue weighted by molar-refractivity contribution is 6.32. The summed E-state index contributed by atoms with van der Waals surface area (Å²) in [6.45, 7) is 9.66. The van der Waals surface area contributed by atoms with Crippen molar-refractivity contribution in [1.29, 1.82) is 0 Å². The molecule has 0 aromatic heterocycles. The second kappa shape index (κ2) is 6.91. The predicted octanol–water partition coefficient (Wildman–Crippen LogP) is 5.76. The molecule has 1 aromatic carbocycles. The van der Waals surface area contributed by atoms with E-state index in [4.69, 9.17) is 16.3 Å². The zero-order valence-electron chi connectivity index (χ0n) is 13.7. The van der Waals surface area contributed by atoms with Crippen LogP contribution >= 0.6 is 11.6 Å². The summed E-state index contributed by atoms with van der Waals surface area (Å²) in [5.74, 6) is 1.47. The van der Waals surface area contributed by atoms with Gasteiger partial charge in [-0.2, -0.15) is 0 Å². The summed E-state index contributed by atoms with van der Waals surface area (Å²) in [6.07, 6.45) is 5.22. The zero-order chi connectivity index (χ0) is 15.5. The van der Waals surface area contributed by atoms with E-state index in [2.05, 4.69) is 32.2 Å². The van der Waals surface area contributed by atoms with Crippen molar-refractivity contribution < 1.29 is 4.74 Å². The molecule has 118 valence electrons. The lowest BCUT2D eigenvalue weighted by atomic mass is 9.69. The molecule has 1 saturated carbocycles. The number of ether oxygens (including phenoxy) is 1. The Labute approximate surface area is 134 Å². The highest BCUT2D eigenvalue weighted by Gasteiger charge is 2.34. The molecule has 21 heavy (non-hydrogen) atoms. The molecule has 1 aliphatic carbocycles. The number of rotatable bonds is 4. The minimum absolute atomic E-state index is 0.340. The Kier molecular flexibility index (Phi) is 5.43. The van der Waals surface area contributed by atoms with Crippen LogP contribution in [0.5, 0.6) is 5.75 Å². The van der Waals surface area contributed by atoms with Crippen molar-refractivity contribution in [3.05, 3.63) is 23.2 Å². The smallest absolute Gasteiger partial charge is 0.138 e. The number of anilines is 1. The van der Waals surface area contributed by atoms with Crippen LogP contribution in [0.4, 0.5) is 5.69 Å². The summed E-state index contributed by atoms with van der Waals surface area (Å²) in [4.78, 5) is 0. The van der Waals surface area contributed by atoms with E-state index < -0.39 is 0 Å². The van der Waals surface area contributed by atoms with Crippen molar-refractivity contribution in [2.45, 2.75) is 59.4 Å². The summed E-state index contributed by atoms with van der Waals surface area (Å²) in [6, 6.07) is 6.56. The highest BCUT2D eigenvalue weighted by Crippen LogP contribution is 2.39. The first-order chi connectivity index (χ1) is 9.91. The van der Waals surface area contributed by atoms with Crippen LogP contribution in [0.25, 0.3) is 0 Å². The van der Waals surface area contributed by atoms with E-state index in [9.17, 15) is 0 Å². The Morgan fingerprint density at radius 3 is 2.57 bits per heavy atom. The number of hydrogen-bond acceptors (Lipinski definition) is 2. The standard InChI is InChI=1S/C18H28ClNO/c1-5-21-17-11-10-13(12-15(17)19)20-16-9-7-6-8-14(16)18(2,3)4/h10-12,14,16,20H,5-9H2,1-4H3. The molecule has 1 fully saturated rings. The topological polar surface area (TPSA) is 21.3 Å². The summed E-state index contributed by atoms with van der Waals surface area (Å²) >= 11 is 6.29. The van der Waals surface area contributed by atoms with Crippen molar-refractivity contribution in [3.8, 4) is 5.75 Å². The molecule has 0 amide bonds. The van der Waals surface area contributed by atoms with Crippen LogP contribution in [0.15, 0.2) is 18.2 Å². The Bertz CT molecular complexity index is 467. The summed E-state index contributed by atoms with van der Waals surface area (Å²) in [7, 11) is 0. The third-order valence-electron chi connectivity index (χ3n) is 4.46. The van der Waals surface area contributed by atoms with Crippen LogP contribution in [0.3, 0.4) is 0 Å². The average molecular weight is 310 g/mol. The Morgan fingerprint density at radius 2 is 1.95 bits per heavy atom. The van der Waals surface area contributed by atoms with Gasteiger partial charge in [-0.1, -0.05) is 45.2 Å². The number of halogens is 1.